The molecule has 0 radical (unpaired) electrons. The van der Waals surface area contributed by atoms with E-state index in [0.29, 0.717) is 22.7 Å². The van der Waals surface area contributed by atoms with Crippen LogP contribution >= 0.6 is 0 Å². The Morgan fingerprint density at radius 2 is 1.85 bits per heavy atom. The van der Waals surface area contributed by atoms with Crippen LogP contribution in [0.3, 0.4) is 0 Å². The predicted molar refractivity (Wildman–Crippen MR) is 99.2 cm³/mol. The second-order valence-electron chi connectivity index (χ2n) is 6.40. The fourth-order valence-corrected chi connectivity index (χ4v) is 2.67. The van der Waals surface area contributed by atoms with Crippen LogP contribution in [0.5, 0.6) is 5.75 Å². The highest BCUT2D eigenvalue weighted by Crippen LogP contribution is 2.17. The zero-order valence-corrected chi connectivity index (χ0v) is 15.2. The fourth-order valence-electron chi connectivity index (χ4n) is 2.67. The summed E-state index contributed by atoms with van der Waals surface area (Å²) in [5.41, 5.74) is 8.53. The summed E-state index contributed by atoms with van der Waals surface area (Å²) >= 11 is 0. The van der Waals surface area contributed by atoms with Crippen LogP contribution in [0.1, 0.15) is 21.5 Å². The molecule has 27 heavy (non-hydrogen) atoms. The number of carbonyl (C=O) groups is 1. The zero-order valence-electron chi connectivity index (χ0n) is 15.2. The van der Waals surface area contributed by atoms with Gasteiger partial charge in [-0.1, -0.05) is 18.2 Å². The van der Waals surface area contributed by atoms with Gasteiger partial charge in [0.05, 0.1) is 6.54 Å². The predicted octanol–water partition coefficient (Wildman–Crippen LogP) is 1.50. The van der Waals surface area contributed by atoms with E-state index >= 15 is 0 Å². The summed E-state index contributed by atoms with van der Waals surface area (Å²) in [4.78, 5) is 12.4. The van der Waals surface area contributed by atoms with Crippen LogP contribution in [-0.2, 0) is 6.54 Å². The second-order valence-corrected chi connectivity index (χ2v) is 6.40. The molecule has 0 unspecified atom stereocenters. The number of carbonyl (C=O) groups excluding carboxylic acids is 1. The van der Waals surface area contributed by atoms with Crippen LogP contribution in [0.4, 0.5) is 0 Å². The number of tetrazole rings is 1. The number of benzene rings is 2. The standard InChI is InChI=1S/C19H21N5O3/c1-12-7-13(2)9-17(8-12)27-11-16(25)10-24-22-19(21-23-24)15-5-3-14(4-6-15)18(20)26/h3-9,16,25H,10-11H2,1-2H3,(H2,20,26)/t16-/m0/s1. The van der Waals surface area contributed by atoms with Crippen LogP contribution in [0.15, 0.2) is 42.5 Å². The number of aliphatic hydroxyl groups excluding tert-OH is 1. The number of amides is 1. The summed E-state index contributed by atoms with van der Waals surface area (Å²) in [6, 6.07) is 12.5. The molecule has 8 nitrogen and oxygen atoms in total. The van der Waals surface area contributed by atoms with Gasteiger partial charge < -0.3 is 15.6 Å². The van der Waals surface area contributed by atoms with E-state index in [1.165, 1.54) is 4.80 Å². The van der Waals surface area contributed by atoms with E-state index in [2.05, 4.69) is 21.5 Å². The summed E-state index contributed by atoms with van der Waals surface area (Å²) in [7, 11) is 0. The van der Waals surface area contributed by atoms with Gasteiger partial charge >= 0.3 is 0 Å². The molecular formula is C19H21N5O3. The molecule has 1 atom stereocenters. The van der Waals surface area contributed by atoms with Crippen molar-refractivity contribution in [3.8, 4) is 17.1 Å². The largest absolute Gasteiger partial charge is 0.491 e. The minimum Gasteiger partial charge on any atom is -0.491 e. The van der Waals surface area contributed by atoms with Crippen molar-refractivity contribution in [1.29, 1.82) is 0 Å². The first-order valence-corrected chi connectivity index (χ1v) is 8.48. The molecule has 0 fully saturated rings. The lowest BCUT2D eigenvalue weighted by molar-refractivity contribution is 0.0849. The van der Waals surface area contributed by atoms with E-state index in [1.807, 2.05) is 26.0 Å². The number of ether oxygens (including phenoxy) is 1. The first kappa shape index (κ1) is 18.5. The van der Waals surface area contributed by atoms with Gasteiger partial charge in [0.2, 0.25) is 11.7 Å². The smallest absolute Gasteiger partial charge is 0.248 e. The van der Waals surface area contributed by atoms with Gasteiger partial charge in [-0.2, -0.15) is 4.80 Å². The van der Waals surface area contributed by atoms with E-state index in [1.54, 1.807) is 24.3 Å². The van der Waals surface area contributed by atoms with E-state index < -0.39 is 12.0 Å². The van der Waals surface area contributed by atoms with Crippen LogP contribution in [0, 0.1) is 13.8 Å². The first-order valence-electron chi connectivity index (χ1n) is 8.48. The number of primary amides is 1. The quantitative estimate of drug-likeness (QED) is 0.654. The molecule has 0 bridgehead atoms. The number of nitrogens with zero attached hydrogens (tertiary/aromatic N) is 4. The van der Waals surface area contributed by atoms with Gasteiger partial charge in [0.15, 0.2) is 0 Å². The Bertz CT molecular complexity index is 917. The third-order valence-corrected chi connectivity index (χ3v) is 3.89. The number of hydrogen-bond acceptors (Lipinski definition) is 6. The van der Waals surface area contributed by atoms with Gasteiger partial charge in [0, 0.05) is 11.1 Å². The van der Waals surface area contributed by atoms with Crippen molar-refractivity contribution in [2.45, 2.75) is 26.5 Å². The second kappa shape index (κ2) is 7.96. The molecule has 1 aromatic heterocycles. The van der Waals surface area contributed by atoms with Crippen LogP contribution in [0.2, 0.25) is 0 Å². The Morgan fingerprint density at radius 1 is 1.19 bits per heavy atom. The molecule has 3 aromatic rings. The molecule has 1 heterocycles. The first-order chi connectivity index (χ1) is 12.9. The van der Waals surface area contributed by atoms with Crippen molar-refractivity contribution < 1.29 is 14.6 Å². The van der Waals surface area contributed by atoms with Gasteiger partial charge in [-0.3, -0.25) is 4.79 Å². The lowest BCUT2D eigenvalue weighted by Gasteiger charge is -2.12. The topological polar surface area (TPSA) is 116 Å². The highest BCUT2D eigenvalue weighted by atomic mass is 16.5. The van der Waals surface area contributed by atoms with Gasteiger partial charge in [0.1, 0.15) is 18.5 Å². The molecule has 0 spiro atoms. The van der Waals surface area contributed by atoms with Crippen molar-refractivity contribution in [2.75, 3.05) is 6.61 Å². The molecule has 140 valence electrons. The summed E-state index contributed by atoms with van der Waals surface area (Å²) in [5.74, 6) is 0.617. The highest BCUT2D eigenvalue weighted by Gasteiger charge is 2.12. The molecule has 2 aromatic carbocycles. The Morgan fingerprint density at radius 3 is 2.48 bits per heavy atom. The Kier molecular flexibility index (Phi) is 5.46. The lowest BCUT2D eigenvalue weighted by Crippen LogP contribution is -2.25. The summed E-state index contributed by atoms with van der Waals surface area (Å²) in [5, 5.41) is 22.3. The van der Waals surface area contributed by atoms with Gasteiger partial charge in [0.25, 0.3) is 0 Å². The average Bonchev–Trinajstić information content (AvgIpc) is 3.07. The summed E-state index contributed by atoms with van der Waals surface area (Å²) in [6.45, 7) is 4.25. The van der Waals surface area contributed by atoms with Gasteiger partial charge in [-0.25, -0.2) is 0 Å². The number of hydrogen-bond donors (Lipinski definition) is 2. The molecule has 0 aliphatic carbocycles. The maximum absolute atomic E-state index is 11.1. The van der Waals surface area contributed by atoms with E-state index in [4.69, 9.17) is 10.5 Å². The molecule has 0 aliphatic heterocycles. The molecule has 0 saturated heterocycles. The summed E-state index contributed by atoms with van der Waals surface area (Å²) < 4.78 is 5.65. The monoisotopic (exact) mass is 367 g/mol. The van der Waals surface area contributed by atoms with Crippen LogP contribution in [-0.4, -0.2) is 43.9 Å². The average molecular weight is 367 g/mol. The third-order valence-electron chi connectivity index (χ3n) is 3.89. The third kappa shape index (κ3) is 4.89. The van der Waals surface area contributed by atoms with Crippen LogP contribution in [0.25, 0.3) is 11.4 Å². The molecule has 8 heteroatoms. The van der Waals surface area contributed by atoms with E-state index in [-0.39, 0.29) is 13.2 Å². The highest BCUT2D eigenvalue weighted by molar-refractivity contribution is 5.93. The van der Waals surface area contributed by atoms with Crippen molar-refractivity contribution in [2.24, 2.45) is 5.73 Å². The zero-order chi connectivity index (χ0) is 19.4. The number of rotatable bonds is 7. The minimum atomic E-state index is -0.787. The maximum Gasteiger partial charge on any atom is 0.248 e. The number of nitrogens with two attached hydrogens (primary N) is 1. The minimum absolute atomic E-state index is 0.118. The van der Waals surface area contributed by atoms with Crippen molar-refractivity contribution in [3.63, 3.8) is 0 Å². The molecule has 3 rings (SSSR count). The molecular weight excluding hydrogens is 346 g/mol. The van der Waals surface area contributed by atoms with Crippen LogP contribution < -0.4 is 10.5 Å². The Balaban J connectivity index is 1.58. The number of aromatic nitrogens is 4. The fraction of sp³-hybridized carbons (Fsp3) is 0.263. The molecule has 0 saturated carbocycles. The van der Waals surface area contributed by atoms with Gasteiger partial charge in [-0.05, 0) is 54.5 Å². The number of aryl methyl sites for hydroxylation is 2. The van der Waals surface area contributed by atoms with Crippen molar-refractivity contribution in [3.05, 3.63) is 59.2 Å². The SMILES string of the molecule is Cc1cc(C)cc(OC[C@@H](O)Cn2nnc(-c3ccc(C(N)=O)cc3)n2)c1. The summed E-state index contributed by atoms with van der Waals surface area (Å²) in [6.07, 6.45) is -0.787. The molecule has 0 aliphatic rings. The maximum atomic E-state index is 11.1. The van der Waals surface area contributed by atoms with Crippen molar-refractivity contribution in [1.82, 2.24) is 20.2 Å². The molecule has 1 amide bonds. The Labute approximate surface area is 156 Å². The Hall–Kier alpha value is -3.26. The normalized spacial score (nSPS) is 12.0. The van der Waals surface area contributed by atoms with E-state index in [9.17, 15) is 9.90 Å². The number of aliphatic hydroxyl groups is 1. The lowest BCUT2D eigenvalue weighted by atomic mass is 10.1. The molecule has 3 N–H and O–H groups in total. The van der Waals surface area contributed by atoms with E-state index in [0.717, 1.165) is 11.1 Å². The van der Waals surface area contributed by atoms with Crippen molar-refractivity contribution >= 4 is 5.91 Å². The van der Waals surface area contributed by atoms with Gasteiger partial charge in [-0.15, -0.1) is 10.2 Å².